The van der Waals surface area contributed by atoms with Crippen LogP contribution in [0.25, 0.3) is 0 Å². The van der Waals surface area contributed by atoms with E-state index in [1.165, 1.54) is 45.3 Å². The first-order chi connectivity index (χ1) is 9.59. The molecule has 0 aromatic rings. The number of likely N-dealkylation sites (tertiary alicyclic amines) is 1. The van der Waals surface area contributed by atoms with E-state index in [0.29, 0.717) is 0 Å². The van der Waals surface area contributed by atoms with Crippen molar-refractivity contribution in [2.75, 3.05) is 26.2 Å². The second-order valence-corrected chi connectivity index (χ2v) is 6.71. The number of unbranched alkanes of at least 4 members (excludes halogenated alkanes) is 1. The van der Waals surface area contributed by atoms with Crippen LogP contribution in [0.4, 0.5) is 0 Å². The Morgan fingerprint density at radius 3 is 2.80 bits per heavy atom. The molecule has 1 aliphatic rings. The highest BCUT2D eigenvalue weighted by atomic mass is 15.1. The number of nitrogens with zero attached hydrogens (tertiary/aromatic N) is 2. The van der Waals surface area contributed by atoms with E-state index in [9.17, 15) is 5.26 Å². The fourth-order valence-electron chi connectivity index (χ4n) is 2.94. The van der Waals surface area contributed by atoms with Crippen molar-refractivity contribution in [3.8, 4) is 6.07 Å². The molecule has 0 spiro atoms. The molecule has 3 nitrogen and oxygen atoms in total. The molecule has 2 unspecified atom stereocenters. The second kappa shape index (κ2) is 9.37. The van der Waals surface area contributed by atoms with Gasteiger partial charge in [0.15, 0.2) is 0 Å². The van der Waals surface area contributed by atoms with Crippen LogP contribution in [0, 0.1) is 17.2 Å². The van der Waals surface area contributed by atoms with Gasteiger partial charge in [0.2, 0.25) is 0 Å². The fraction of sp³-hybridized carbons (Fsp3) is 0.941. The van der Waals surface area contributed by atoms with Crippen molar-refractivity contribution in [2.45, 2.75) is 71.3 Å². The highest BCUT2D eigenvalue weighted by Crippen LogP contribution is 2.18. The summed E-state index contributed by atoms with van der Waals surface area (Å²) in [5, 5.41) is 12.7. The summed E-state index contributed by atoms with van der Waals surface area (Å²) < 4.78 is 0. The maximum Gasteiger partial charge on any atom is 0.103 e. The van der Waals surface area contributed by atoms with E-state index in [-0.39, 0.29) is 5.54 Å². The molecule has 1 rings (SSSR count). The van der Waals surface area contributed by atoms with Crippen molar-refractivity contribution in [3.63, 3.8) is 0 Å². The molecule has 0 radical (unpaired) electrons. The summed E-state index contributed by atoms with van der Waals surface area (Å²) in [5.74, 6) is 0.903. The molecule has 1 saturated heterocycles. The first kappa shape index (κ1) is 17.5. The van der Waals surface area contributed by atoms with Crippen molar-refractivity contribution in [1.29, 1.82) is 5.26 Å². The molecule has 0 bridgehead atoms. The van der Waals surface area contributed by atoms with E-state index in [2.05, 4.69) is 30.1 Å². The van der Waals surface area contributed by atoms with E-state index in [1.54, 1.807) is 0 Å². The minimum atomic E-state index is -0.330. The Morgan fingerprint density at radius 1 is 1.30 bits per heavy atom. The number of rotatable bonds is 8. The van der Waals surface area contributed by atoms with E-state index in [1.807, 2.05) is 6.92 Å². The SMILES string of the molecule is CCCNC(C)(C#N)CCCCN1CCCC(C)CC1. The molecule has 0 aliphatic carbocycles. The molecular formula is C17H33N3. The average molecular weight is 279 g/mol. The highest BCUT2D eigenvalue weighted by molar-refractivity contribution is 5.03. The van der Waals surface area contributed by atoms with Gasteiger partial charge in [-0.2, -0.15) is 5.26 Å². The molecule has 1 aliphatic heterocycles. The van der Waals surface area contributed by atoms with Crippen molar-refractivity contribution in [2.24, 2.45) is 5.92 Å². The number of nitrogens with one attached hydrogen (secondary N) is 1. The minimum absolute atomic E-state index is 0.330. The number of hydrogen-bond donors (Lipinski definition) is 1. The molecule has 2 atom stereocenters. The molecule has 0 amide bonds. The quantitative estimate of drug-likeness (QED) is 0.691. The molecule has 1 fully saturated rings. The molecule has 0 aromatic carbocycles. The Bertz CT molecular complexity index is 297. The Labute approximate surface area is 125 Å². The van der Waals surface area contributed by atoms with E-state index >= 15 is 0 Å². The fourth-order valence-corrected chi connectivity index (χ4v) is 2.94. The first-order valence-corrected chi connectivity index (χ1v) is 8.48. The maximum absolute atomic E-state index is 9.30. The first-order valence-electron chi connectivity index (χ1n) is 8.48. The lowest BCUT2D eigenvalue weighted by molar-refractivity contribution is 0.270. The molecule has 1 heterocycles. The Balaban J connectivity index is 2.18. The van der Waals surface area contributed by atoms with Crippen LogP contribution in [0.1, 0.15) is 65.7 Å². The van der Waals surface area contributed by atoms with Crippen LogP contribution in [0.15, 0.2) is 0 Å². The van der Waals surface area contributed by atoms with Gasteiger partial charge in [0.05, 0.1) is 6.07 Å². The third-order valence-electron chi connectivity index (χ3n) is 4.52. The Morgan fingerprint density at radius 2 is 2.10 bits per heavy atom. The third kappa shape index (κ3) is 6.72. The van der Waals surface area contributed by atoms with E-state index in [0.717, 1.165) is 31.7 Å². The van der Waals surface area contributed by atoms with E-state index < -0.39 is 0 Å². The summed E-state index contributed by atoms with van der Waals surface area (Å²) in [6.45, 7) is 11.2. The highest BCUT2D eigenvalue weighted by Gasteiger charge is 2.22. The van der Waals surface area contributed by atoms with Gasteiger partial charge in [0, 0.05) is 0 Å². The van der Waals surface area contributed by atoms with Crippen LogP contribution in [-0.4, -0.2) is 36.6 Å². The molecule has 116 valence electrons. The number of nitriles is 1. The van der Waals surface area contributed by atoms with Crippen LogP contribution >= 0.6 is 0 Å². The van der Waals surface area contributed by atoms with Gasteiger partial charge in [-0.25, -0.2) is 0 Å². The van der Waals surface area contributed by atoms with Gasteiger partial charge in [-0.3, -0.25) is 5.32 Å². The normalized spacial score (nSPS) is 23.8. The minimum Gasteiger partial charge on any atom is -0.303 e. The Hall–Kier alpha value is -0.590. The Kier molecular flexibility index (Phi) is 8.18. The molecule has 0 saturated carbocycles. The van der Waals surface area contributed by atoms with Gasteiger partial charge in [-0.15, -0.1) is 0 Å². The van der Waals surface area contributed by atoms with Gasteiger partial charge in [0.1, 0.15) is 5.54 Å². The predicted molar refractivity (Wildman–Crippen MR) is 85.6 cm³/mol. The maximum atomic E-state index is 9.30. The second-order valence-electron chi connectivity index (χ2n) is 6.71. The van der Waals surface area contributed by atoms with Crippen molar-refractivity contribution in [1.82, 2.24) is 10.2 Å². The van der Waals surface area contributed by atoms with E-state index in [4.69, 9.17) is 0 Å². The number of hydrogen-bond acceptors (Lipinski definition) is 3. The molecule has 20 heavy (non-hydrogen) atoms. The summed E-state index contributed by atoms with van der Waals surface area (Å²) in [7, 11) is 0. The topological polar surface area (TPSA) is 39.1 Å². The van der Waals surface area contributed by atoms with Gasteiger partial charge in [-0.1, -0.05) is 13.8 Å². The predicted octanol–water partition coefficient (Wildman–Crippen LogP) is 3.56. The smallest absolute Gasteiger partial charge is 0.103 e. The van der Waals surface area contributed by atoms with Crippen LogP contribution < -0.4 is 5.32 Å². The van der Waals surface area contributed by atoms with Crippen LogP contribution in [-0.2, 0) is 0 Å². The van der Waals surface area contributed by atoms with Crippen molar-refractivity contribution >= 4 is 0 Å². The lowest BCUT2D eigenvalue weighted by Crippen LogP contribution is -2.41. The van der Waals surface area contributed by atoms with Crippen molar-refractivity contribution in [3.05, 3.63) is 0 Å². The zero-order valence-corrected chi connectivity index (χ0v) is 13.7. The summed E-state index contributed by atoms with van der Waals surface area (Å²) in [5.41, 5.74) is -0.330. The summed E-state index contributed by atoms with van der Waals surface area (Å²) in [4.78, 5) is 2.62. The lowest BCUT2D eigenvalue weighted by Gasteiger charge is -2.24. The van der Waals surface area contributed by atoms with Crippen LogP contribution in [0.5, 0.6) is 0 Å². The molecule has 0 aromatic heterocycles. The van der Waals surface area contributed by atoms with Gasteiger partial charge in [-0.05, 0) is 84.0 Å². The van der Waals surface area contributed by atoms with Crippen molar-refractivity contribution < 1.29 is 0 Å². The monoisotopic (exact) mass is 279 g/mol. The molecule has 1 N–H and O–H groups in total. The zero-order valence-electron chi connectivity index (χ0n) is 13.7. The summed E-state index contributed by atoms with van der Waals surface area (Å²) in [6, 6.07) is 2.44. The molecular weight excluding hydrogens is 246 g/mol. The standard InChI is InChI=1S/C17H33N3/c1-4-11-19-17(3,15-18)10-5-6-12-20-13-7-8-16(2)9-14-20/h16,19H,4-14H2,1-3H3. The van der Waals surface area contributed by atoms with Gasteiger partial charge >= 0.3 is 0 Å². The summed E-state index contributed by atoms with van der Waals surface area (Å²) >= 11 is 0. The van der Waals surface area contributed by atoms with Gasteiger partial charge < -0.3 is 4.90 Å². The molecule has 3 heteroatoms. The van der Waals surface area contributed by atoms with Crippen LogP contribution in [0.3, 0.4) is 0 Å². The van der Waals surface area contributed by atoms with Gasteiger partial charge in [0.25, 0.3) is 0 Å². The lowest BCUT2D eigenvalue weighted by atomic mass is 9.96. The summed E-state index contributed by atoms with van der Waals surface area (Å²) in [6.07, 6.45) is 8.52. The largest absolute Gasteiger partial charge is 0.303 e. The third-order valence-corrected chi connectivity index (χ3v) is 4.52. The average Bonchev–Trinajstić information content (AvgIpc) is 2.66. The zero-order chi connectivity index (χ0) is 14.8. The van der Waals surface area contributed by atoms with Crippen LogP contribution in [0.2, 0.25) is 0 Å².